The molecule has 2 aromatic rings. The molecule has 6 heteroatoms. The van der Waals surface area contributed by atoms with Crippen molar-refractivity contribution in [3.63, 3.8) is 0 Å². The van der Waals surface area contributed by atoms with Crippen LogP contribution in [0.25, 0.3) is 12.2 Å². The van der Waals surface area contributed by atoms with Crippen LogP contribution < -0.4 is 4.74 Å². The van der Waals surface area contributed by atoms with Gasteiger partial charge in [-0.25, -0.2) is 4.57 Å². The molecule has 22 heavy (non-hydrogen) atoms. The quantitative estimate of drug-likeness (QED) is 0.465. The minimum Gasteiger partial charge on any atom is -0.491 e. The Morgan fingerprint density at radius 1 is 0.909 bits per heavy atom. The Morgan fingerprint density at radius 2 is 1.59 bits per heavy atom. The number of phosphoric acid groups is 1. The Morgan fingerprint density at radius 3 is 2.32 bits per heavy atom. The molecule has 0 fully saturated rings. The lowest BCUT2D eigenvalue weighted by molar-refractivity contribution is 0.160. The number of ether oxygens (including phenoxy) is 1. The topological polar surface area (TPSA) is 76.0 Å². The van der Waals surface area contributed by atoms with E-state index >= 15 is 0 Å². The Hall–Kier alpha value is -1.91. The van der Waals surface area contributed by atoms with E-state index < -0.39 is 7.82 Å². The van der Waals surface area contributed by atoms with Crippen molar-refractivity contribution in [1.82, 2.24) is 0 Å². The van der Waals surface area contributed by atoms with E-state index in [4.69, 9.17) is 14.5 Å². The molecule has 5 nitrogen and oxygen atoms in total. The number of hydrogen-bond donors (Lipinski definition) is 2. The molecule has 116 valence electrons. The molecular formula is C16H17O5P. The summed E-state index contributed by atoms with van der Waals surface area (Å²) in [7, 11) is -4.45. The molecule has 0 bridgehead atoms. The maximum absolute atomic E-state index is 10.6. The van der Waals surface area contributed by atoms with E-state index in [9.17, 15) is 4.57 Å². The van der Waals surface area contributed by atoms with Crippen molar-refractivity contribution in [2.75, 3.05) is 13.2 Å². The zero-order chi connectivity index (χ0) is 15.8. The fourth-order valence-corrected chi connectivity index (χ4v) is 2.12. The van der Waals surface area contributed by atoms with Gasteiger partial charge >= 0.3 is 7.82 Å². The largest absolute Gasteiger partial charge is 0.491 e. The number of benzene rings is 2. The first-order chi connectivity index (χ1) is 10.5. The van der Waals surface area contributed by atoms with Gasteiger partial charge in [0.2, 0.25) is 0 Å². The van der Waals surface area contributed by atoms with E-state index in [1.807, 2.05) is 60.7 Å². The standard InChI is InChI=1S/C16H17O5P/c17-22(18,19)21-13-12-20-16-9-5-4-8-15(16)11-10-14-6-2-1-3-7-14/h1-11H,12-13H2,(H2,17,18,19). The van der Waals surface area contributed by atoms with Crippen molar-refractivity contribution in [1.29, 1.82) is 0 Å². The van der Waals surface area contributed by atoms with Gasteiger partial charge in [0, 0.05) is 5.56 Å². The number of phosphoric ester groups is 1. The third kappa shape index (κ3) is 5.84. The van der Waals surface area contributed by atoms with Gasteiger partial charge in [0.15, 0.2) is 0 Å². The molecular weight excluding hydrogens is 303 g/mol. The van der Waals surface area contributed by atoms with Gasteiger partial charge < -0.3 is 14.5 Å². The highest BCUT2D eigenvalue weighted by Gasteiger charge is 2.13. The van der Waals surface area contributed by atoms with Crippen molar-refractivity contribution in [3.05, 3.63) is 65.7 Å². The third-order valence-corrected chi connectivity index (χ3v) is 3.29. The molecule has 0 saturated heterocycles. The van der Waals surface area contributed by atoms with Crippen LogP contribution in [0.5, 0.6) is 5.75 Å². The second-order valence-corrected chi connectivity index (χ2v) is 5.69. The molecule has 0 heterocycles. The minimum absolute atomic E-state index is 0.0568. The maximum atomic E-state index is 10.6. The van der Waals surface area contributed by atoms with Gasteiger partial charge in [-0.3, -0.25) is 4.52 Å². The van der Waals surface area contributed by atoms with E-state index in [-0.39, 0.29) is 13.2 Å². The van der Waals surface area contributed by atoms with Crippen LogP contribution in [0.1, 0.15) is 11.1 Å². The average molecular weight is 320 g/mol. The van der Waals surface area contributed by atoms with Crippen molar-refractivity contribution in [2.45, 2.75) is 0 Å². The number of rotatable bonds is 7. The Bertz CT molecular complexity index is 663. The lowest BCUT2D eigenvalue weighted by Gasteiger charge is -2.10. The summed E-state index contributed by atoms with van der Waals surface area (Å²) in [5.74, 6) is 0.629. The van der Waals surface area contributed by atoms with Crippen LogP contribution in [0.2, 0.25) is 0 Å². The van der Waals surface area contributed by atoms with Gasteiger partial charge in [0.25, 0.3) is 0 Å². The molecule has 2 aromatic carbocycles. The predicted molar refractivity (Wildman–Crippen MR) is 85.3 cm³/mol. The number of hydrogen-bond acceptors (Lipinski definition) is 3. The van der Waals surface area contributed by atoms with Crippen molar-refractivity contribution in [2.24, 2.45) is 0 Å². The first kappa shape index (κ1) is 16.5. The highest BCUT2D eigenvalue weighted by Crippen LogP contribution is 2.35. The zero-order valence-corrected chi connectivity index (χ0v) is 12.7. The molecule has 0 spiro atoms. The van der Waals surface area contributed by atoms with Gasteiger partial charge in [-0.2, -0.15) is 0 Å². The summed E-state index contributed by atoms with van der Waals surface area (Å²) in [6.07, 6.45) is 3.89. The zero-order valence-electron chi connectivity index (χ0n) is 11.8. The minimum atomic E-state index is -4.45. The van der Waals surface area contributed by atoms with Crippen molar-refractivity contribution >= 4 is 20.0 Å². The molecule has 0 amide bonds. The normalized spacial score (nSPS) is 11.7. The van der Waals surface area contributed by atoms with Crippen molar-refractivity contribution in [3.8, 4) is 5.75 Å². The summed E-state index contributed by atoms with van der Waals surface area (Å²) in [4.78, 5) is 17.2. The lowest BCUT2D eigenvalue weighted by Crippen LogP contribution is -2.06. The SMILES string of the molecule is O=P(O)(O)OCCOc1ccccc1C=Cc1ccccc1. The summed E-state index contributed by atoms with van der Waals surface area (Å²) in [5.41, 5.74) is 1.95. The van der Waals surface area contributed by atoms with E-state index in [2.05, 4.69) is 4.52 Å². The Labute approximate surface area is 129 Å². The molecule has 0 aliphatic rings. The second-order valence-electron chi connectivity index (χ2n) is 4.45. The molecule has 0 aliphatic heterocycles. The van der Waals surface area contributed by atoms with Gasteiger partial charge in [0.1, 0.15) is 12.4 Å². The first-order valence-corrected chi connectivity index (χ1v) is 8.23. The summed E-state index contributed by atoms with van der Waals surface area (Å²) < 4.78 is 20.4. The molecule has 2 rings (SSSR count). The summed E-state index contributed by atoms with van der Waals surface area (Å²) in [6.45, 7) is -0.123. The van der Waals surface area contributed by atoms with E-state index in [1.54, 1.807) is 6.07 Å². The highest BCUT2D eigenvalue weighted by molar-refractivity contribution is 7.46. The van der Waals surface area contributed by atoms with Crippen LogP contribution in [0.4, 0.5) is 0 Å². The average Bonchev–Trinajstić information content (AvgIpc) is 2.50. The van der Waals surface area contributed by atoms with Crippen LogP contribution in [-0.2, 0) is 9.09 Å². The molecule has 2 N–H and O–H groups in total. The maximum Gasteiger partial charge on any atom is 0.469 e. The monoisotopic (exact) mass is 320 g/mol. The molecule has 0 aromatic heterocycles. The Balaban J connectivity index is 1.98. The van der Waals surface area contributed by atoms with Gasteiger partial charge in [-0.1, -0.05) is 60.7 Å². The smallest absolute Gasteiger partial charge is 0.469 e. The summed E-state index contributed by atoms with van der Waals surface area (Å²) >= 11 is 0. The fraction of sp³-hybridized carbons (Fsp3) is 0.125. The first-order valence-electron chi connectivity index (χ1n) is 6.70. The van der Waals surface area contributed by atoms with Crippen LogP contribution in [0.3, 0.4) is 0 Å². The van der Waals surface area contributed by atoms with Gasteiger partial charge in [-0.05, 0) is 11.6 Å². The van der Waals surface area contributed by atoms with Crippen LogP contribution in [0, 0.1) is 0 Å². The Kier molecular flexibility index (Phi) is 5.92. The van der Waals surface area contributed by atoms with Crippen LogP contribution >= 0.6 is 7.82 Å². The molecule has 0 unspecified atom stereocenters. The molecule has 0 atom stereocenters. The lowest BCUT2D eigenvalue weighted by atomic mass is 10.1. The summed E-state index contributed by atoms with van der Waals surface area (Å²) in [5, 5.41) is 0. The molecule has 0 saturated carbocycles. The highest BCUT2D eigenvalue weighted by atomic mass is 31.2. The summed E-state index contributed by atoms with van der Waals surface area (Å²) in [6, 6.07) is 17.3. The van der Waals surface area contributed by atoms with E-state index in [0.29, 0.717) is 5.75 Å². The molecule has 0 radical (unpaired) electrons. The van der Waals surface area contributed by atoms with Gasteiger partial charge in [0.05, 0.1) is 6.61 Å². The predicted octanol–water partition coefficient (Wildman–Crippen LogP) is 3.35. The van der Waals surface area contributed by atoms with Crippen molar-refractivity contribution < 1.29 is 23.6 Å². The second kappa shape index (κ2) is 7.92. The van der Waals surface area contributed by atoms with Crippen LogP contribution in [-0.4, -0.2) is 23.0 Å². The third-order valence-electron chi connectivity index (χ3n) is 2.77. The van der Waals surface area contributed by atoms with E-state index in [1.165, 1.54) is 0 Å². The van der Waals surface area contributed by atoms with Crippen LogP contribution in [0.15, 0.2) is 54.6 Å². The molecule has 0 aliphatic carbocycles. The van der Waals surface area contributed by atoms with E-state index in [0.717, 1.165) is 11.1 Å². The van der Waals surface area contributed by atoms with Gasteiger partial charge in [-0.15, -0.1) is 0 Å². The number of para-hydroxylation sites is 1. The fourth-order valence-electron chi connectivity index (χ4n) is 1.81.